The number of aryl methyl sites for hydroxylation is 2. The van der Waals surface area contributed by atoms with E-state index in [-0.39, 0.29) is 10.8 Å². The molecule has 0 N–H and O–H groups in total. The van der Waals surface area contributed by atoms with Gasteiger partial charge in [0.2, 0.25) is 5.69 Å². The molecule has 0 saturated heterocycles. The lowest BCUT2D eigenvalue weighted by molar-refractivity contribution is -0.659. The minimum atomic E-state index is 0.0767. The molecule has 1 nitrogen and oxygen atoms in total. The Labute approximate surface area is 219 Å². The summed E-state index contributed by atoms with van der Waals surface area (Å²) in [7, 11) is 2.22. The van der Waals surface area contributed by atoms with Gasteiger partial charge in [-0.3, -0.25) is 0 Å². The van der Waals surface area contributed by atoms with Crippen LogP contribution in [0.4, 0.5) is 0 Å². The molecule has 6 rings (SSSR count). The molecule has 0 unspecified atom stereocenters. The van der Waals surface area contributed by atoms with Crippen molar-refractivity contribution in [1.82, 2.24) is 0 Å². The normalized spacial score (nSPS) is 13.6. The average molecular weight is 491 g/mol. The Kier molecular flexibility index (Phi) is 5.12. The van der Waals surface area contributed by atoms with Crippen LogP contribution in [0.25, 0.3) is 43.6 Å². The molecule has 1 aliphatic heterocycles. The van der Waals surface area contributed by atoms with Gasteiger partial charge in [-0.2, -0.15) is 0 Å². The summed E-state index contributed by atoms with van der Waals surface area (Å²) in [4.78, 5) is 2.83. The SMILES string of the molecule is Cc1c2c(c(CC(C)(C)C)c3ccccc13)Sc1cc3cccc(C(C)(C)C)c3c3cc[n+](C)c-2c13. The molecule has 2 heteroatoms. The lowest BCUT2D eigenvalue weighted by Gasteiger charge is -2.29. The number of aromatic nitrogens is 1. The van der Waals surface area contributed by atoms with Crippen LogP contribution in [-0.2, 0) is 18.9 Å². The summed E-state index contributed by atoms with van der Waals surface area (Å²) in [6.45, 7) is 16.4. The van der Waals surface area contributed by atoms with E-state index >= 15 is 0 Å². The maximum Gasteiger partial charge on any atom is 0.222 e. The van der Waals surface area contributed by atoms with Gasteiger partial charge in [-0.05, 0) is 68.5 Å². The van der Waals surface area contributed by atoms with Crippen LogP contribution in [0.15, 0.2) is 70.6 Å². The van der Waals surface area contributed by atoms with E-state index in [0.29, 0.717) is 0 Å². The predicted octanol–water partition coefficient (Wildman–Crippen LogP) is 9.30. The molecule has 36 heavy (non-hydrogen) atoms. The van der Waals surface area contributed by atoms with Gasteiger partial charge < -0.3 is 0 Å². The highest BCUT2D eigenvalue weighted by Crippen LogP contribution is 2.54. The Bertz CT molecular complexity index is 1710. The molecule has 182 valence electrons. The van der Waals surface area contributed by atoms with Crippen LogP contribution in [0.5, 0.6) is 0 Å². The summed E-state index contributed by atoms with van der Waals surface area (Å²) in [5.41, 5.74) is 7.37. The van der Waals surface area contributed by atoms with E-state index in [1.807, 2.05) is 11.8 Å². The van der Waals surface area contributed by atoms with Gasteiger partial charge in [0, 0.05) is 21.2 Å². The molecular formula is C34H36NS+. The van der Waals surface area contributed by atoms with Crippen LogP contribution in [0.1, 0.15) is 58.2 Å². The van der Waals surface area contributed by atoms with Gasteiger partial charge >= 0.3 is 0 Å². The molecular weight excluding hydrogens is 454 g/mol. The van der Waals surface area contributed by atoms with E-state index < -0.39 is 0 Å². The number of nitrogens with zero attached hydrogens (tertiary/aromatic N) is 1. The number of benzene rings is 4. The number of fused-ring (bicyclic) bond motifs is 5. The van der Waals surface area contributed by atoms with Gasteiger partial charge in [0.15, 0.2) is 6.20 Å². The molecule has 0 fully saturated rings. The number of pyridine rings is 1. The summed E-state index contributed by atoms with van der Waals surface area (Å²) >= 11 is 1.99. The first-order valence-corrected chi connectivity index (χ1v) is 13.9. The first kappa shape index (κ1) is 23.6. The topological polar surface area (TPSA) is 3.88 Å². The van der Waals surface area contributed by atoms with Crippen molar-refractivity contribution in [3.05, 3.63) is 77.5 Å². The summed E-state index contributed by atoms with van der Waals surface area (Å²) in [5, 5.41) is 8.32. The van der Waals surface area contributed by atoms with Crippen LogP contribution in [0, 0.1) is 12.3 Å². The Morgan fingerprint density at radius 1 is 0.806 bits per heavy atom. The fraction of sp³-hybridized carbons (Fsp3) is 0.324. The number of hydrogen-bond acceptors (Lipinski definition) is 1. The lowest BCUT2D eigenvalue weighted by atomic mass is 9.81. The van der Waals surface area contributed by atoms with Crippen LogP contribution >= 0.6 is 11.8 Å². The quantitative estimate of drug-likeness (QED) is 0.164. The maximum atomic E-state index is 2.45. The van der Waals surface area contributed by atoms with Gasteiger partial charge in [0.05, 0.1) is 10.9 Å². The zero-order valence-corrected chi connectivity index (χ0v) is 23.7. The van der Waals surface area contributed by atoms with Crippen molar-refractivity contribution in [1.29, 1.82) is 0 Å². The third-order valence-corrected chi connectivity index (χ3v) is 8.92. The summed E-state index contributed by atoms with van der Waals surface area (Å²) in [5.74, 6) is 0. The zero-order valence-electron chi connectivity index (χ0n) is 22.8. The van der Waals surface area contributed by atoms with E-state index in [2.05, 4.69) is 121 Å². The fourth-order valence-electron chi connectivity index (χ4n) is 6.18. The highest BCUT2D eigenvalue weighted by atomic mass is 32.2. The molecule has 0 bridgehead atoms. The van der Waals surface area contributed by atoms with Crippen molar-refractivity contribution < 1.29 is 4.57 Å². The monoisotopic (exact) mass is 490 g/mol. The summed E-state index contributed by atoms with van der Waals surface area (Å²) in [6.07, 6.45) is 3.33. The van der Waals surface area contributed by atoms with Crippen molar-refractivity contribution >= 4 is 44.1 Å². The predicted molar refractivity (Wildman–Crippen MR) is 156 cm³/mol. The van der Waals surface area contributed by atoms with Crippen molar-refractivity contribution in [3.8, 4) is 11.3 Å². The van der Waals surface area contributed by atoms with Gasteiger partial charge in [-0.15, -0.1) is 0 Å². The Morgan fingerprint density at radius 2 is 1.53 bits per heavy atom. The van der Waals surface area contributed by atoms with Crippen LogP contribution in [-0.4, -0.2) is 0 Å². The van der Waals surface area contributed by atoms with Crippen molar-refractivity contribution in [3.63, 3.8) is 0 Å². The highest BCUT2D eigenvalue weighted by Gasteiger charge is 2.34. The molecule has 1 aromatic heterocycles. The van der Waals surface area contributed by atoms with Gasteiger partial charge in [-0.25, -0.2) is 4.57 Å². The van der Waals surface area contributed by atoms with Crippen LogP contribution in [0.3, 0.4) is 0 Å². The molecule has 2 heterocycles. The largest absolute Gasteiger partial charge is 0.222 e. The highest BCUT2D eigenvalue weighted by molar-refractivity contribution is 8.00. The minimum Gasteiger partial charge on any atom is -0.200 e. The second kappa shape index (κ2) is 7.83. The maximum absolute atomic E-state index is 2.45. The zero-order chi connectivity index (χ0) is 25.6. The van der Waals surface area contributed by atoms with Crippen molar-refractivity contribution in [2.45, 2.75) is 70.1 Å². The van der Waals surface area contributed by atoms with Gasteiger partial charge in [0.1, 0.15) is 7.05 Å². The van der Waals surface area contributed by atoms with E-state index in [1.54, 1.807) is 0 Å². The van der Waals surface area contributed by atoms with Crippen molar-refractivity contribution in [2.75, 3.05) is 0 Å². The van der Waals surface area contributed by atoms with Crippen molar-refractivity contribution in [2.24, 2.45) is 12.5 Å². The standard InChI is InChI=1S/C34H36NS/c1-20-22-13-9-10-14-23(22)25(19-33(2,3)4)32-28(20)31-30-24(16-17-35(31)8)29-21(18-27(30)36-32)12-11-15-26(29)34(5,6)7/h9-18H,19H2,1-8H3/q+1. The molecule has 1 aliphatic rings. The fourth-order valence-corrected chi connectivity index (χ4v) is 7.55. The smallest absolute Gasteiger partial charge is 0.200 e. The Morgan fingerprint density at radius 3 is 2.22 bits per heavy atom. The van der Waals surface area contributed by atoms with E-state index in [0.717, 1.165) is 6.42 Å². The molecule has 4 aromatic carbocycles. The molecule has 5 aromatic rings. The van der Waals surface area contributed by atoms with Gasteiger partial charge in [0.25, 0.3) is 0 Å². The van der Waals surface area contributed by atoms with E-state index in [9.17, 15) is 0 Å². The summed E-state index contributed by atoms with van der Waals surface area (Å²) < 4.78 is 2.36. The second-order valence-corrected chi connectivity index (χ2v) is 13.8. The minimum absolute atomic E-state index is 0.0767. The number of rotatable bonds is 1. The Hall–Kier alpha value is -2.84. The molecule has 0 atom stereocenters. The molecule has 0 radical (unpaired) electrons. The third kappa shape index (κ3) is 3.49. The second-order valence-electron chi connectivity index (χ2n) is 12.8. The number of hydrogen-bond donors (Lipinski definition) is 0. The third-order valence-electron chi connectivity index (χ3n) is 7.72. The van der Waals surface area contributed by atoms with Gasteiger partial charge in [-0.1, -0.05) is 95.8 Å². The average Bonchev–Trinajstić information content (AvgIpc) is 2.81. The Balaban J connectivity index is 1.82. The first-order valence-electron chi connectivity index (χ1n) is 13.1. The first-order chi connectivity index (χ1) is 17.0. The molecule has 0 aliphatic carbocycles. The van der Waals surface area contributed by atoms with E-state index in [4.69, 9.17) is 0 Å². The molecule has 0 amide bonds. The van der Waals surface area contributed by atoms with E-state index in [1.165, 1.54) is 70.1 Å². The van der Waals surface area contributed by atoms with Crippen LogP contribution < -0.4 is 4.57 Å². The summed E-state index contributed by atoms with van der Waals surface area (Å²) in [6, 6.07) is 20.7. The molecule has 0 saturated carbocycles. The molecule has 0 spiro atoms. The van der Waals surface area contributed by atoms with Crippen LogP contribution in [0.2, 0.25) is 0 Å². The lowest BCUT2D eigenvalue weighted by Crippen LogP contribution is -2.32.